The summed E-state index contributed by atoms with van der Waals surface area (Å²) in [5.41, 5.74) is 4.02. The Bertz CT molecular complexity index is 342. The molecule has 2 nitrogen and oxygen atoms in total. The standard InChI is InChI=1S/C14H21NO/c1-10-5-11(2)7-13(6-10)14-8-12(9-16)3-4-15-14/h5-7,12,14-16H,3-4,8-9H2,1-2H3. The minimum absolute atomic E-state index is 0.322. The molecule has 2 atom stereocenters. The molecule has 0 aliphatic carbocycles. The van der Waals surface area contributed by atoms with Gasteiger partial charge in [0.2, 0.25) is 0 Å². The molecule has 16 heavy (non-hydrogen) atoms. The van der Waals surface area contributed by atoms with E-state index in [-0.39, 0.29) is 0 Å². The Morgan fingerprint density at radius 3 is 2.56 bits per heavy atom. The third kappa shape index (κ3) is 2.63. The summed E-state index contributed by atoms with van der Waals surface area (Å²) >= 11 is 0. The lowest BCUT2D eigenvalue weighted by Gasteiger charge is -2.30. The normalized spacial score (nSPS) is 25.7. The van der Waals surface area contributed by atoms with Gasteiger partial charge in [-0.1, -0.05) is 29.3 Å². The zero-order valence-electron chi connectivity index (χ0n) is 10.2. The third-order valence-corrected chi connectivity index (χ3v) is 3.42. The first kappa shape index (κ1) is 11.6. The Morgan fingerprint density at radius 2 is 1.94 bits per heavy atom. The highest BCUT2D eigenvalue weighted by molar-refractivity contribution is 5.31. The van der Waals surface area contributed by atoms with Crippen LogP contribution in [0.15, 0.2) is 18.2 Å². The van der Waals surface area contributed by atoms with Crippen LogP contribution in [0.3, 0.4) is 0 Å². The van der Waals surface area contributed by atoms with Crippen molar-refractivity contribution in [2.24, 2.45) is 5.92 Å². The van der Waals surface area contributed by atoms with Crippen molar-refractivity contribution in [1.82, 2.24) is 5.32 Å². The molecule has 0 aromatic heterocycles. The monoisotopic (exact) mass is 219 g/mol. The van der Waals surface area contributed by atoms with Crippen molar-refractivity contribution < 1.29 is 5.11 Å². The van der Waals surface area contributed by atoms with Gasteiger partial charge in [-0.15, -0.1) is 0 Å². The average molecular weight is 219 g/mol. The fourth-order valence-electron chi connectivity index (χ4n) is 2.63. The molecule has 0 spiro atoms. The van der Waals surface area contributed by atoms with E-state index in [0.29, 0.717) is 18.6 Å². The van der Waals surface area contributed by atoms with Crippen LogP contribution in [0.1, 0.15) is 35.6 Å². The van der Waals surface area contributed by atoms with Crippen LogP contribution in [0.5, 0.6) is 0 Å². The number of benzene rings is 1. The van der Waals surface area contributed by atoms with Crippen LogP contribution < -0.4 is 5.32 Å². The van der Waals surface area contributed by atoms with E-state index in [1.807, 2.05) is 0 Å². The predicted octanol–water partition coefficient (Wildman–Crippen LogP) is 2.34. The summed E-state index contributed by atoms with van der Waals surface area (Å²) in [6.45, 7) is 5.62. The van der Waals surface area contributed by atoms with Crippen molar-refractivity contribution in [3.63, 3.8) is 0 Å². The Balaban J connectivity index is 2.16. The maximum Gasteiger partial charge on any atom is 0.0460 e. The van der Waals surface area contributed by atoms with Gasteiger partial charge in [0.1, 0.15) is 0 Å². The second kappa shape index (κ2) is 4.98. The predicted molar refractivity (Wildman–Crippen MR) is 66.5 cm³/mol. The summed E-state index contributed by atoms with van der Waals surface area (Å²) in [7, 11) is 0. The van der Waals surface area contributed by atoms with Crippen LogP contribution in [-0.4, -0.2) is 18.3 Å². The molecule has 0 saturated carbocycles. The lowest BCUT2D eigenvalue weighted by molar-refractivity contribution is 0.176. The maximum atomic E-state index is 9.24. The van der Waals surface area contributed by atoms with Gasteiger partial charge in [0, 0.05) is 12.6 Å². The molecule has 1 saturated heterocycles. The van der Waals surface area contributed by atoms with E-state index in [1.165, 1.54) is 16.7 Å². The zero-order valence-corrected chi connectivity index (χ0v) is 10.2. The summed E-state index contributed by atoms with van der Waals surface area (Å²) < 4.78 is 0. The quantitative estimate of drug-likeness (QED) is 0.800. The second-order valence-electron chi connectivity index (χ2n) is 5.00. The number of nitrogens with one attached hydrogen (secondary N) is 1. The first-order valence-corrected chi connectivity index (χ1v) is 6.11. The van der Waals surface area contributed by atoms with Crippen LogP contribution in [0.25, 0.3) is 0 Å². The average Bonchev–Trinajstić information content (AvgIpc) is 2.28. The van der Waals surface area contributed by atoms with Crippen molar-refractivity contribution in [3.8, 4) is 0 Å². The van der Waals surface area contributed by atoms with Gasteiger partial charge in [0.15, 0.2) is 0 Å². The van der Waals surface area contributed by atoms with Crippen LogP contribution in [0.4, 0.5) is 0 Å². The number of aliphatic hydroxyl groups excluding tert-OH is 1. The van der Waals surface area contributed by atoms with Gasteiger partial charge in [0.05, 0.1) is 0 Å². The van der Waals surface area contributed by atoms with Gasteiger partial charge in [-0.25, -0.2) is 0 Å². The van der Waals surface area contributed by atoms with E-state index in [9.17, 15) is 5.11 Å². The van der Waals surface area contributed by atoms with E-state index >= 15 is 0 Å². The molecule has 1 aliphatic rings. The van der Waals surface area contributed by atoms with Crippen molar-refractivity contribution >= 4 is 0 Å². The van der Waals surface area contributed by atoms with Crippen LogP contribution in [0.2, 0.25) is 0 Å². The number of rotatable bonds is 2. The van der Waals surface area contributed by atoms with E-state index in [2.05, 4.69) is 37.4 Å². The molecule has 2 rings (SSSR count). The zero-order chi connectivity index (χ0) is 11.5. The molecule has 0 amide bonds. The van der Waals surface area contributed by atoms with Gasteiger partial charge in [-0.3, -0.25) is 0 Å². The topological polar surface area (TPSA) is 32.3 Å². The first-order chi connectivity index (χ1) is 7.69. The molecule has 88 valence electrons. The third-order valence-electron chi connectivity index (χ3n) is 3.42. The molecule has 2 heteroatoms. The molecule has 1 heterocycles. The highest BCUT2D eigenvalue weighted by Crippen LogP contribution is 2.28. The highest BCUT2D eigenvalue weighted by atomic mass is 16.3. The maximum absolute atomic E-state index is 9.24. The number of hydrogen-bond acceptors (Lipinski definition) is 2. The van der Waals surface area contributed by atoms with Crippen molar-refractivity contribution in [3.05, 3.63) is 34.9 Å². The second-order valence-corrected chi connectivity index (χ2v) is 5.00. The molecule has 2 N–H and O–H groups in total. The van der Waals surface area contributed by atoms with Gasteiger partial charge in [-0.05, 0) is 44.7 Å². The van der Waals surface area contributed by atoms with E-state index < -0.39 is 0 Å². The van der Waals surface area contributed by atoms with Crippen LogP contribution in [0, 0.1) is 19.8 Å². The number of aryl methyl sites for hydroxylation is 2. The fraction of sp³-hybridized carbons (Fsp3) is 0.571. The van der Waals surface area contributed by atoms with E-state index in [0.717, 1.165) is 19.4 Å². The fourth-order valence-corrected chi connectivity index (χ4v) is 2.63. The molecule has 0 bridgehead atoms. The highest BCUT2D eigenvalue weighted by Gasteiger charge is 2.22. The van der Waals surface area contributed by atoms with E-state index in [1.54, 1.807) is 0 Å². The first-order valence-electron chi connectivity index (χ1n) is 6.11. The molecule has 1 aromatic rings. The number of aliphatic hydroxyl groups is 1. The molecular weight excluding hydrogens is 198 g/mol. The summed E-state index contributed by atoms with van der Waals surface area (Å²) in [5.74, 6) is 0.465. The summed E-state index contributed by atoms with van der Waals surface area (Å²) in [5, 5.41) is 12.8. The molecule has 0 radical (unpaired) electrons. The molecular formula is C14H21NO. The lowest BCUT2D eigenvalue weighted by Crippen LogP contribution is -2.33. The van der Waals surface area contributed by atoms with E-state index in [4.69, 9.17) is 0 Å². The Labute approximate surface area is 97.7 Å². The minimum atomic E-state index is 0.322. The number of hydrogen-bond donors (Lipinski definition) is 2. The van der Waals surface area contributed by atoms with Crippen molar-refractivity contribution in [2.75, 3.05) is 13.2 Å². The largest absolute Gasteiger partial charge is 0.396 e. The molecule has 1 aromatic carbocycles. The van der Waals surface area contributed by atoms with Crippen LogP contribution in [-0.2, 0) is 0 Å². The SMILES string of the molecule is Cc1cc(C)cc(C2CC(CO)CCN2)c1. The Morgan fingerprint density at radius 1 is 1.25 bits per heavy atom. The summed E-state index contributed by atoms with van der Waals surface area (Å²) in [6.07, 6.45) is 2.15. The van der Waals surface area contributed by atoms with Crippen LogP contribution >= 0.6 is 0 Å². The van der Waals surface area contributed by atoms with Crippen molar-refractivity contribution in [2.45, 2.75) is 32.7 Å². The lowest BCUT2D eigenvalue weighted by atomic mass is 9.88. The smallest absolute Gasteiger partial charge is 0.0460 e. The molecule has 1 fully saturated rings. The Hall–Kier alpha value is -0.860. The molecule has 2 unspecified atom stereocenters. The van der Waals surface area contributed by atoms with Gasteiger partial charge < -0.3 is 10.4 Å². The summed E-state index contributed by atoms with van der Waals surface area (Å²) in [6, 6.07) is 7.13. The number of piperidine rings is 1. The minimum Gasteiger partial charge on any atom is -0.396 e. The van der Waals surface area contributed by atoms with Gasteiger partial charge in [-0.2, -0.15) is 0 Å². The Kier molecular flexibility index (Phi) is 3.62. The molecule has 1 aliphatic heterocycles. The van der Waals surface area contributed by atoms with Gasteiger partial charge >= 0.3 is 0 Å². The summed E-state index contributed by atoms with van der Waals surface area (Å²) in [4.78, 5) is 0. The van der Waals surface area contributed by atoms with Gasteiger partial charge in [0.25, 0.3) is 0 Å². The van der Waals surface area contributed by atoms with Crippen molar-refractivity contribution in [1.29, 1.82) is 0 Å².